The Morgan fingerprint density at radius 2 is 2.17 bits per heavy atom. The third-order valence-corrected chi connectivity index (χ3v) is 5.10. The van der Waals surface area contributed by atoms with E-state index in [0.29, 0.717) is 17.9 Å². The van der Waals surface area contributed by atoms with Gasteiger partial charge in [-0.2, -0.15) is 0 Å². The summed E-state index contributed by atoms with van der Waals surface area (Å²) in [6, 6.07) is 8.98. The molecular weight excluding hydrogens is 352 g/mol. The van der Waals surface area contributed by atoms with E-state index in [-0.39, 0.29) is 0 Å². The SMILES string of the molecule is CN=C(NCC1CCN(c2cccc(Br)c2)C1)NC(C)C(C)C. The van der Waals surface area contributed by atoms with Gasteiger partial charge in [0.15, 0.2) is 5.96 Å². The highest BCUT2D eigenvalue weighted by atomic mass is 79.9. The van der Waals surface area contributed by atoms with Gasteiger partial charge >= 0.3 is 0 Å². The highest BCUT2D eigenvalue weighted by molar-refractivity contribution is 9.10. The van der Waals surface area contributed by atoms with Gasteiger partial charge in [-0.15, -0.1) is 0 Å². The van der Waals surface area contributed by atoms with Crippen LogP contribution in [0.5, 0.6) is 0 Å². The fourth-order valence-corrected chi connectivity index (χ4v) is 3.11. The van der Waals surface area contributed by atoms with Gasteiger partial charge in [-0.3, -0.25) is 4.99 Å². The molecule has 128 valence electrons. The van der Waals surface area contributed by atoms with Crippen LogP contribution >= 0.6 is 15.9 Å². The van der Waals surface area contributed by atoms with Crippen LogP contribution in [0.1, 0.15) is 27.2 Å². The largest absolute Gasteiger partial charge is 0.371 e. The molecule has 1 heterocycles. The van der Waals surface area contributed by atoms with Crippen LogP contribution in [0.25, 0.3) is 0 Å². The minimum Gasteiger partial charge on any atom is -0.371 e. The molecule has 1 aliphatic rings. The molecule has 23 heavy (non-hydrogen) atoms. The summed E-state index contributed by atoms with van der Waals surface area (Å²) >= 11 is 3.55. The monoisotopic (exact) mass is 380 g/mol. The van der Waals surface area contributed by atoms with Crippen molar-refractivity contribution in [3.05, 3.63) is 28.7 Å². The number of halogens is 1. The molecule has 1 aromatic carbocycles. The first-order valence-electron chi connectivity index (χ1n) is 8.47. The number of nitrogens with zero attached hydrogens (tertiary/aromatic N) is 2. The highest BCUT2D eigenvalue weighted by Gasteiger charge is 2.23. The average molecular weight is 381 g/mol. The third kappa shape index (κ3) is 5.41. The minimum atomic E-state index is 0.419. The van der Waals surface area contributed by atoms with E-state index < -0.39 is 0 Å². The Hall–Kier alpha value is -1.23. The lowest BCUT2D eigenvalue weighted by Gasteiger charge is -2.22. The second kappa shape index (κ2) is 8.57. The van der Waals surface area contributed by atoms with Gasteiger partial charge in [0.1, 0.15) is 0 Å². The Labute approximate surface area is 148 Å². The summed E-state index contributed by atoms with van der Waals surface area (Å²) in [6.07, 6.45) is 1.22. The normalized spacial score (nSPS) is 20.0. The van der Waals surface area contributed by atoms with Crippen molar-refractivity contribution < 1.29 is 0 Å². The van der Waals surface area contributed by atoms with E-state index in [4.69, 9.17) is 0 Å². The van der Waals surface area contributed by atoms with Crippen molar-refractivity contribution in [3.63, 3.8) is 0 Å². The van der Waals surface area contributed by atoms with E-state index in [0.717, 1.165) is 30.1 Å². The van der Waals surface area contributed by atoms with E-state index in [1.54, 1.807) is 0 Å². The van der Waals surface area contributed by atoms with Crippen molar-refractivity contribution in [3.8, 4) is 0 Å². The molecule has 0 aromatic heterocycles. The van der Waals surface area contributed by atoms with E-state index in [1.165, 1.54) is 12.1 Å². The van der Waals surface area contributed by atoms with Gasteiger partial charge in [0.2, 0.25) is 0 Å². The van der Waals surface area contributed by atoms with Crippen LogP contribution in [0.4, 0.5) is 5.69 Å². The number of anilines is 1. The second-order valence-corrected chi connectivity index (χ2v) is 7.63. The van der Waals surface area contributed by atoms with Crippen LogP contribution in [0.15, 0.2) is 33.7 Å². The van der Waals surface area contributed by atoms with Crippen molar-refractivity contribution >= 4 is 27.6 Å². The highest BCUT2D eigenvalue weighted by Crippen LogP contribution is 2.25. The smallest absolute Gasteiger partial charge is 0.191 e. The van der Waals surface area contributed by atoms with Crippen molar-refractivity contribution in [2.45, 2.75) is 33.2 Å². The first-order valence-corrected chi connectivity index (χ1v) is 9.26. The molecule has 2 unspecified atom stereocenters. The van der Waals surface area contributed by atoms with Crippen LogP contribution < -0.4 is 15.5 Å². The molecule has 5 heteroatoms. The van der Waals surface area contributed by atoms with E-state index in [9.17, 15) is 0 Å². The Morgan fingerprint density at radius 1 is 1.39 bits per heavy atom. The summed E-state index contributed by atoms with van der Waals surface area (Å²) in [5, 5.41) is 6.94. The molecule has 2 rings (SSSR count). The maximum atomic E-state index is 4.33. The molecule has 0 radical (unpaired) electrons. The van der Waals surface area contributed by atoms with Gasteiger partial charge in [0.05, 0.1) is 0 Å². The fourth-order valence-electron chi connectivity index (χ4n) is 2.72. The summed E-state index contributed by atoms with van der Waals surface area (Å²) in [5.74, 6) is 2.15. The predicted octanol–water partition coefficient (Wildman–Crippen LogP) is 3.48. The maximum absolute atomic E-state index is 4.33. The molecule has 2 N–H and O–H groups in total. The summed E-state index contributed by atoms with van der Waals surface area (Å²) in [6.45, 7) is 9.82. The minimum absolute atomic E-state index is 0.419. The molecule has 0 aliphatic carbocycles. The fraction of sp³-hybridized carbons (Fsp3) is 0.611. The first-order chi connectivity index (χ1) is 11.0. The average Bonchev–Trinajstić information content (AvgIpc) is 3.00. The first kappa shape index (κ1) is 18.1. The third-order valence-electron chi connectivity index (χ3n) is 4.61. The second-order valence-electron chi connectivity index (χ2n) is 6.71. The lowest BCUT2D eigenvalue weighted by Crippen LogP contribution is -2.45. The Morgan fingerprint density at radius 3 is 2.83 bits per heavy atom. The maximum Gasteiger partial charge on any atom is 0.191 e. The number of nitrogens with one attached hydrogen (secondary N) is 2. The Balaban J connectivity index is 1.81. The molecule has 1 fully saturated rings. The van der Waals surface area contributed by atoms with Gasteiger partial charge in [0.25, 0.3) is 0 Å². The molecule has 0 bridgehead atoms. The lowest BCUT2D eigenvalue weighted by atomic mass is 10.1. The van der Waals surface area contributed by atoms with E-state index in [2.05, 4.69) is 81.5 Å². The van der Waals surface area contributed by atoms with Crippen molar-refractivity contribution in [1.82, 2.24) is 10.6 Å². The lowest BCUT2D eigenvalue weighted by molar-refractivity contribution is 0.476. The Bertz CT molecular complexity index is 530. The van der Waals surface area contributed by atoms with Crippen LogP contribution in [-0.2, 0) is 0 Å². The van der Waals surface area contributed by atoms with Crippen LogP contribution in [0.2, 0.25) is 0 Å². The van der Waals surface area contributed by atoms with E-state index in [1.807, 2.05) is 7.05 Å². The number of guanidine groups is 1. The molecule has 0 amide bonds. The van der Waals surface area contributed by atoms with Crippen LogP contribution in [0.3, 0.4) is 0 Å². The number of aliphatic imine (C=N–C) groups is 1. The zero-order valence-electron chi connectivity index (χ0n) is 14.6. The summed E-state index contributed by atoms with van der Waals surface area (Å²) in [7, 11) is 1.84. The van der Waals surface area contributed by atoms with Gasteiger partial charge < -0.3 is 15.5 Å². The van der Waals surface area contributed by atoms with Gasteiger partial charge in [0, 0.05) is 42.9 Å². The number of benzene rings is 1. The zero-order valence-corrected chi connectivity index (χ0v) is 16.2. The number of hydrogen-bond donors (Lipinski definition) is 2. The molecular formula is C18H29BrN4. The predicted molar refractivity (Wildman–Crippen MR) is 103 cm³/mol. The standard InChI is InChI=1S/C18H29BrN4/c1-13(2)14(3)22-18(20-4)21-11-15-8-9-23(12-15)17-7-5-6-16(19)10-17/h5-7,10,13-15H,8-9,11-12H2,1-4H3,(H2,20,21,22). The number of rotatable bonds is 5. The van der Waals surface area contributed by atoms with Gasteiger partial charge in [-0.05, 0) is 43.4 Å². The molecule has 1 saturated heterocycles. The van der Waals surface area contributed by atoms with Crippen molar-refractivity contribution in [1.29, 1.82) is 0 Å². The molecule has 0 saturated carbocycles. The molecule has 0 spiro atoms. The van der Waals surface area contributed by atoms with Crippen LogP contribution in [-0.4, -0.2) is 38.7 Å². The van der Waals surface area contributed by atoms with Crippen molar-refractivity contribution in [2.75, 3.05) is 31.6 Å². The quantitative estimate of drug-likeness (QED) is 0.606. The zero-order chi connectivity index (χ0) is 16.8. The molecule has 1 aromatic rings. The Kier molecular flexibility index (Phi) is 6.75. The number of hydrogen-bond acceptors (Lipinski definition) is 2. The molecule has 4 nitrogen and oxygen atoms in total. The van der Waals surface area contributed by atoms with E-state index >= 15 is 0 Å². The molecule has 2 atom stereocenters. The van der Waals surface area contributed by atoms with Gasteiger partial charge in [-0.25, -0.2) is 0 Å². The van der Waals surface area contributed by atoms with Crippen molar-refractivity contribution in [2.24, 2.45) is 16.8 Å². The summed E-state index contributed by atoms with van der Waals surface area (Å²) in [5.41, 5.74) is 1.30. The molecule has 1 aliphatic heterocycles. The summed E-state index contributed by atoms with van der Waals surface area (Å²) in [4.78, 5) is 6.80. The summed E-state index contributed by atoms with van der Waals surface area (Å²) < 4.78 is 1.14. The van der Waals surface area contributed by atoms with Gasteiger partial charge in [-0.1, -0.05) is 35.8 Å². The van der Waals surface area contributed by atoms with Crippen LogP contribution in [0, 0.1) is 11.8 Å². The topological polar surface area (TPSA) is 39.7 Å².